The Hall–Kier alpha value is -1.82. The molecule has 2 amide bonds. The number of benzene rings is 2. The fourth-order valence-corrected chi connectivity index (χ4v) is 5.31. The van der Waals surface area contributed by atoms with Crippen molar-refractivity contribution < 1.29 is 9.59 Å². The molecule has 0 fully saturated rings. The topological polar surface area (TPSA) is 49.4 Å². The second kappa shape index (κ2) is 8.68. The summed E-state index contributed by atoms with van der Waals surface area (Å²) in [5, 5.41) is 4.26. The summed E-state index contributed by atoms with van der Waals surface area (Å²) in [6.45, 7) is 2.48. The van der Waals surface area contributed by atoms with E-state index in [1.165, 1.54) is 20.9 Å². The maximum atomic E-state index is 12.5. The van der Waals surface area contributed by atoms with Crippen molar-refractivity contribution in [2.45, 2.75) is 30.6 Å². The molecule has 2 aliphatic heterocycles. The second-order valence-electron chi connectivity index (χ2n) is 7.13. The van der Waals surface area contributed by atoms with E-state index < -0.39 is 0 Å². The predicted octanol–water partition coefficient (Wildman–Crippen LogP) is 4.20. The van der Waals surface area contributed by atoms with Crippen molar-refractivity contribution in [1.29, 1.82) is 0 Å². The smallest absolute Gasteiger partial charge is 0.261 e. The van der Waals surface area contributed by atoms with Crippen LogP contribution < -0.4 is 5.32 Å². The number of hydrogen-bond donors (Lipinski definition) is 1. The fraction of sp³-hybridized carbons (Fsp3) is 0.364. The van der Waals surface area contributed by atoms with E-state index in [1.54, 1.807) is 36.0 Å². The molecule has 0 saturated carbocycles. The van der Waals surface area contributed by atoms with Crippen LogP contribution in [0.25, 0.3) is 0 Å². The molecule has 2 aromatic carbocycles. The van der Waals surface area contributed by atoms with Crippen LogP contribution in [0.5, 0.6) is 0 Å². The van der Waals surface area contributed by atoms with Gasteiger partial charge in [-0.15, -0.1) is 11.8 Å². The summed E-state index contributed by atoms with van der Waals surface area (Å²) in [4.78, 5) is 27.5. The van der Waals surface area contributed by atoms with Gasteiger partial charge in [0.05, 0.1) is 16.1 Å². The highest BCUT2D eigenvalue weighted by Gasteiger charge is 2.34. The van der Waals surface area contributed by atoms with E-state index in [0.29, 0.717) is 17.7 Å². The van der Waals surface area contributed by atoms with E-state index in [2.05, 4.69) is 11.4 Å². The Labute approximate surface area is 174 Å². The highest BCUT2D eigenvalue weighted by Crippen LogP contribution is 2.35. The molecule has 0 bridgehead atoms. The van der Waals surface area contributed by atoms with E-state index in [9.17, 15) is 9.59 Å². The van der Waals surface area contributed by atoms with E-state index in [-0.39, 0.29) is 11.8 Å². The Morgan fingerprint density at radius 3 is 2.50 bits per heavy atom. The molecule has 0 atom stereocenters. The Kier molecular flexibility index (Phi) is 6.04. The number of carbonyl (C=O) groups excluding carboxylic acids is 2. The lowest BCUT2D eigenvalue weighted by atomic mass is 9.99. The maximum Gasteiger partial charge on any atom is 0.261 e. The van der Waals surface area contributed by atoms with Crippen LogP contribution >= 0.6 is 23.4 Å². The first-order valence-corrected chi connectivity index (χ1v) is 11.1. The van der Waals surface area contributed by atoms with Crippen molar-refractivity contribution in [3.63, 3.8) is 0 Å². The molecule has 0 radical (unpaired) electrons. The van der Waals surface area contributed by atoms with Crippen LogP contribution in [0.15, 0.2) is 41.3 Å². The van der Waals surface area contributed by atoms with Gasteiger partial charge < -0.3 is 5.32 Å². The van der Waals surface area contributed by atoms with Crippen molar-refractivity contribution in [1.82, 2.24) is 10.2 Å². The predicted molar refractivity (Wildman–Crippen MR) is 113 cm³/mol. The standard InChI is InChI=1S/C22H23ClN2O2S/c23-19-9-8-15-10-12-24-11-3-7-16(15)20(19)28-14-4-13-25-21(26)17-5-1-2-6-18(17)22(25)27/h1-2,5-6,8-9,24H,3-4,7,10-14H2. The van der Waals surface area contributed by atoms with Gasteiger partial charge in [0.1, 0.15) is 0 Å². The highest BCUT2D eigenvalue weighted by atomic mass is 35.5. The van der Waals surface area contributed by atoms with Crippen LogP contribution in [0.2, 0.25) is 5.02 Å². The van der Waals surface area contributed by atoms with Crippen LogP contribution in [0.4, 0.5) is 0 Å². The number of imide groups is 1. The molecule has 0 saturated heterocycles. The van der Waals surface area contributed by atoms with E-state index in [0.717, 1.165) is 49.5 Å². The number of hydrogen-bond acceptors (Lipinski definition) is 4. The van der Waals surface area contributed by atoms with E-state index in [4.69, 9.17) is 11.6 Å². The summed E-state index contributed by atoms with van der Waals surface area (Å²) in [7, 11) is 0. The molecule has 0 aromatic heterocycles. The summed E-state index contributed by atoms with van der Waals surface area (Å²) in [6, 6.07) is 11.2. The summed E-state index contributed by atoms with van der Waals surface area (Å²) in [6.07, 6.45) is 3.91. The number of fused-ring (bicyclic) bond motifs is 2. The molecule has 4 rings (SSSR count). The number of amides is 2. The average molecular weight is 415 g/mol. The van der Waals surface area contributed by atoms with Gasteiger partial charge in [-0.1, -0.05) is 29.8 Å². The normalized spacial score (nSPS) is 16.5. The lowest BCUT2D eigenvalue weighted by Crippen LogP contribution is -2.31. The molecule has 6 heteroatoms. The number of rotatable bonds is 5. The minimum atomic E-state index is -0.180. The molecule has 2 heterocycles. The van der Waals surface area contributed by atoms with Gasteiger partial charge in [0.15, 0.2) is 0 Å². The van der Waals surface area contributed by atoms with Gasteiger partial charge in [-0.05, 0) is 73.9 Å². The average Bonchev–Trinajstić information content (AvgIpc) is 2.92. The zero-order valence-corrected chi connectivity index (χ0v) is 17.2. The van der Waals surface area contributed by atoms with Gasteiger partial charge >= 0.3 is 0 Å². The van der Waals surface area contributed by atoms with Crippen LogP contribution in [-0.2, 0) is 12.8 Å². The van der Waals surface area contributed by atoms with Crippen LogP contribution in [0.1, 0.15) is 44.7 Å². The van der Waals surface area contributed by atoms with Crippen LogP contribution in [-0.4, -0.2) is 42.1 Å². The summed E-state index contributed by atoms with van der Waals surface area (Å²) < 4.78 is 0. The molecule has 2 aliphatic rings. The van der Waals surface area contributed by atoms with Crippen molar-refractivity contribution in [3.05, 3.63) is 63.7 Å². The molecule has 2 aromatic rings. The number of thioether (sulfide) groups is 1. The third kappa shape index (κ3) is 3.84. The van der Waals surface area contributed by atoms with Crippen LogP contribution in [0.3, 0.4) is 0 Å². The molecule has 28 heavy (non-hydrogen) atoms. The number of carbonyl (C=O) groups is 2. The van der Waals surface area contributed by atoms with Crippen LogP contribution in [0, 0.1) is 0 Å². The van der Waals surface area contributed by atoms with Crippen molar-refractivity contribution >= 4 is 35.2 Å². The third-order valence-corrected chi connectivity index (χ3v) is 6.99. The molecular formula is C22H23ClN2O2S. The minimum Gasteiger partial charge on any atom is -0.316 e. The SMILES string of the molecule is O=C1c2ccccc2C(=O)N1CCCSc1c(Cl)ccc2c1CCCNCC2. The Bertz CT molecular complexity index is 880. The van der Waals surface area contributed by atoms with Crippen molar-refractivity contribution in [2.24, 2.45) is 0 Å². The van der Waals surface area contributed by atoms with Gasteiger partial charge in [-0.25, -0.2) is 0 Å². The quantitative estimate of drug-likeness (QED) is 0.452. The zero-order chi connectivity index (χ0) is 19.5. The van der Waals surface area contributed by atoms with Crippen molar-refractivity contribution in [2.75, 3.05) is 25.4 Å². The van der Waals surface area contributed by atoms with Gasteiger partial charge in [-0.2, -0.15) is 0 Å². The molecule has 1 N–H and O–H groups in total. The fourth-order valence-electron chi connectivity index (χ4n) is 3.88. The molecule has 0 unspecified atom stereocenters. The Morgan fingerprint density at radius 1 is 1.00 bits per heavy atom. The molecule has 0 aliphatic carbocycles. The van der Waals surface area contributed by atoms with Crippen molar-refractivity contribution in [3.8, 4) is 0 Å². The zero-order valence-electron chi connectivity index (χ0n) is 15.7. The number of halogens is 1. The van der Waals surface area contributed by atoms with E-state index >= 15 is 0 Å². The van der Waals surface area contributed by atoms with Gasteiger partial charge in [-0.3, -0.25) is 14.5 Å². The minimum absolute atomic E-state index is 0.180. The number of nitrogens with zero attached hydrogens (tertiary/aromatic N) is 1. The van der Waals surface area contributed by atoms with Gasteiger partial charge in [0.2, 0.25) is 0 Å². The first-order chi connectivity index (χ1) is 13.7. The molecular weight excluding hydrogens is 392 g/mol. The summed E-state index contributed by atoms with van der Waals surface area (Å²) in [5.74, 6) is 0.462. The Balaban J connectivity index is 1.39. The summed E-state index contributed by atoms with van der Waals surface area (Å²) >= 11 is 8.26. The number of nitrogens with one attached hydrogen (secondary N) is 1. The highest BCUT2D eigenvalue weighted by molar-refractivity contribution is 7.99. The first kappa shape index (κ1) is 19.5. The maximum absolute atomic E-state index is 12.5. The van der Waals surface area contributed by atoms with E-state index in [1.807, 2.05) is 6.07 Å². The van der Waals surface area contributed by atoms with Gasteiger partial charge in [0, 0.05) is 11.4 Å². The largest absolute Gasteiger partial charge is 0.316 e. The molecule has 0 spiro atoms. The monoisotopic (exact) mass is 414 g/mol. The summed E-state index contributed by atoms with van der Waals surface area (Å²) in [5.41, 5.74) is 3.78. The lowest BCUT2D eigenvalue weighted by molar-refractivity contribution is 0.0655. The molecule has 146 valence electrons. The second-order valence-corrected chi connectivity index (χ2v) is 8.64. The first-order valence-electron chi connectivity index (χ1n) is 9.76. The Morgan fingerprint density at radius 2 is 1.75 bits per heavy atom. The third-order valence-electron chi connectivity index (χ3n) is 5.31. The lowest BCUT2D eigenvalue weighted by Gasteiger charge is -2.19. The molecule has 4 nitrogen and oxygen atoms in total. The van der Waals surface area contributed by atoms with Gasteiger partial charge in [0.25, 0.3) is 11.8 Å².